The zero-order valence-corrected chi connectivity index (χ0v) is 18.8. The van der Waals surface area contributed by atoms with Crippen molar-refractivity contribution in [2.75, 3.05) is 15.9 Å². The summed E-state index contributed by atoms with van der Waals surface area (Å²) in [5.41, 5.74) is 2.80. The Balaban J connectivity index is 2.50. The minimum absolute atomic E-state index is 0.100. The summed E-state index contributed by atoms with van der Waals surface area (Å²) in [6.45, 7) is 8.97. The van der Waals surface area contributed by atoms with Gasteiger partial charge in [-0.15, -0.1) is 0 Å². The van der Waals surface area contributed by atoms with Gasteiger partial charge in [0, 0.05) is 17.8 Å². The largest absolute Gasteiger partial charge is 0.324 e. The van der Waals surface area contributed by atoms with E-state index in [1.807, 2.05) is 39.0 Å². The van der Waals surface area contributed by atoms with Crippen LogP contribution in [0.4, 0.5) is 17.1 Å². The molecule has 0 aromatic heterocycles. The summed E-state index contributed by atoms with van der Waals surface area (Å²) in [6, 6.07) is 8.50. The molecule has 0 bridgehead atoms. The summed E-state index contributed by atoms with van der Waals surface area (Å²) in [6.07, 6.45) is 0.975. The molecule has 2 aromatic rings. The first kappa shape index (κ1) is 23.3. The number of nitrogens with one attached hydrogen (secondary N) is 1. The van der Waals surface area contributed by atoms with E-state index < -0.39 is 26.9 Å². The third-order valence-electron chi connectivity index (χ3n) is 4.90. The van der Waals surface area contributed by atoms with Crippen LogP contribution >= 0.6 is 0 Å². The lowest BCUT2D eigenvalue weighted by Crippen LogP contribution is -2.45. The summed E-state index contributed by atoms with van der Waals surface area (Å²) in [5.74, 6) is -0.372. The fraction of sp³-hybridized carbons (Fsp3) is 0.381. The lowest BCUT2D eigenvalue weighted by molar-refractivity contribution is -0.384. The first-order chi connectivity index (χ1) is 13.8. The van der Waals surface area contributed by atoms with Crippen LogP contribution in [0.2, 0.25) is 0 Å². The fourth-order valence-corrected chi connectivity index (χ4v) is 4.52. The fourth-order valence-electron chi connectivity index (χ4n) is 3.30. The number of carbonyl (C=O) groups is 1. The number of carbonyl (C=O) groups excluding carboxylic acids is 1. The molecule has 8 nitrogen and oxygen atoms in total. The van der Waals surface area contributed by atoms with Gasteiger partial charge in [0.2, 0.25) is 15.9 Å². The summed E-state index contributed by atoms with van der Waals surface area (Å²) in [7, 11) is -3.91. The highest BCUT2D eigenvalue weighted by atomic mass is 32.2. The summed E-state index contributed by atoms with van der Waals surface area (Å²) < 4.78 is 26.1. The van der Waals surface area contributed by atoms with Crippen molar-refractivity contribution in [3.05, 3.63) is 63.2 Å². The molecule has 1 amide bonds. The molecule has 30 heavy (non-hydrogen) atoms. The van der Waals surface area contributed by atoms with E-state index >= 15 is 0 Å². The van der Waals surface area contributed by atoms with Gasteiger partial charge in [0.1, 0.15) is 6.04 Å². The number of rotatable bonds is 7. The van der Waals surface area contributed by atoms with Gasteiger partial charge in [-0.1, -0.05) is 38.1 Å². The number of nitrogens with zero attached hydrogens (tertiary/aromatic N) is 2. The second-order valence-corrected chi connectivity index (χ2v) is 9.51. The van der Waals surface area contributed by atoms with Gasteiger partial charge in [0.15, 0.2) is 0 Å². The molecule has 1 atom stereocenters. The average molecular weight is 434 g/mol. The Kier molecular flexibility index (Phi) is 6.87. The van der Waals surface area contributed by atoms with Gasteiger partial charge < -0.3 is 5.32 Å². The predicted molar refractivity (Wildman–Crippen MR) is 119 cm³/mol. The van der Waals surface area contributed by atoms with Crippen molar-refractivity contribution in [2.45, 2.75) is 46.6 Å². The Hall–Kier alpha value is -2.94. The number of non-ortho nitro benzene ring substituents is 1. The number of sulfonamides is 1. The Morgan fingerprint density at radius 1 is 1.10 bits per heavy atom. The molecule has 0 aliphatic rings. The van der Waals surface area contributed by atoms with Gasteiger partial charge in [-0.25, -0.2) is 8.42 Å². The average Bonchev–Trinajstić information content (AvgIpc) is 2.63. The number of anilines is 2. The summed E-state index contributed by atoms with van der Waals surface area (Å²) in [4.78, 5) is 23.7. The van der Waals surface area contributed by atoms with Crippen LogP contribution in [-0.2, 0) is 14.8 Å². The van der Waals surface area contributed by atoms with E-state index in [9.17, 15) is 23.3 Å². The number of aryl methyl sites for hydroxylation is 2. The maximum atomic E-state index is 13.1. The lowest BCUT2D eigenvalue weighted by atomic mass is 9.98. The van der Waals surface area contributed by atoms with E-state index in [0.29, 0.717) is 11.3 Å². The van der Waals surface area contributed by atoms with E-state index in [0.717, 1.165) is 21.7 Å². The molecule has 2 rings (SSSR count). The predicted octanol–water partition coefficient (Wildman–Crippen LogP) is 4.13. The maximum absolute atomic E-state index is 13.1. The quantitative estimate of drug-likeness (QED) is 0.521. The van der Waals surface area contributed by atoms with Crippen molar-refractivity contribution >= 4 is 33.0 Å². The van der Waals surface area contributed by atoms with Crippen LogP contribution in [-0.4, -0.2) is 31.5 Å². The molecular weight excluding hydrogens is 406 g/mol. The molecule has 1 N–H and O–H groups in total. The molecule has 0 saturated heterocycles. The highest BCUT2D eigenvalue weighted by Gasteiger charge is 2.32. The third-order valence-corrected chi connectivity index (χ3v) is 6.13. The number of hydrogen-bond donors (Lipinski definition) is 1. The number of nitro groups is 1. The van der Waals surface area contributed by atoms with E-state index in [4.69, 9.17) is 0 Å². The molecule has 0 aliphatic carbocycles. The van der Waals surface area contributed by atoms with Crippen LogP contribution < -0.4 is 9.62 Å². The van der Waals surface area contributed by atoms with E-state index in [1.54, 1.807) is 6.92 Å². The SMILES string of the molecule is Cc1ccc([N+](=O)[O-])cc1N([C@H](C)C(=O)Nc1c(C)cccc1C(C)C)S(C)(=O)=O. The number of amides is 1. The lowest BCUT2D eigenvalue weighted by Gasteiger charge is -2.30. The topological polar surface area (TPSA) is 110 Å². The van der Waals surface area contributed by atoms with Crippen molar-refractivity contribution in [3.8, 4) is 0 Å². The smallest absolute Gasteiger partial charge is 0.271 e. The molecule has 0 unspecified atom stereocenters. The standard InChI is InChI=1S/C21H27N3O5S/c1-13(2)18-9-7-8-15(4)20(18)22-21(25)16(5)23(30(6,28)29)19-12-17(24(26)27)11-10-14(19)3/h7-13,16H,1-6H3,(H,22,25)/t16-/m1/s1. The van der Waals surface area contributed by atoms with Crippen LogP contribution in [0.25, 0.3) is 0 Å². The maximum Gasteiger partial charge on any atom is 0.271 e. The molecule has 0 aliphatic heterocycles. The number of hydrogen-bond acceptors (Lipinski definition) is 5. The van der Waals surface area contributed by atoms with Crippen LogP contribution in [0, 0.1) is 24.0 Å². The van der Waals surface area contributed by atoms with Gasteiger partial charge in [-0.2, -0.15) is 0 Å². The Morgan fingerprint density at radius 3 is 2.27 bits per heavy atom. The van der Waals surface area contributed by atoms with Gasteiger partial charge in [0.25, 0.3) is 5.69 Å². The van der Waals surface area contributed by atoms with Crippen LogP contribution in [0.3, 0.4) is 0 Å². The molecular formula is C21H27N3O5S. The monoisotopic (exact) mass is 433 g/mol. The summed E-state index contributed by atoms with van der Waals surface area (Å²) in [5, 5.41) is 14.0. The van der Waals surface area contributed by atoms with Crippen molar-refractivity contribution in [1.82, 2.24) is 0 Å². The van der Waals surface area contributed by atoms with Crippen molar-refractivity contribution in [2.24, 2.45) is 0 Å². The Bertz CT molecular complexity index is 1080. The Labute approximate surface area is 177 Å². The zero-order valence-electron chi connectivity index (χ0n) is 18.0. The van der Waals surface area contributed by atoms with Crippen LogP contribution in [0.5, 0.6) is 0 Å². The van der Waals surface area contributed by atoms with E-state index in [-0.39, 0.29) is 17.3 Å². The molecule has 0 saturated carbocycles. The first-order valence-electron chi connectivity index (χ1n) is 9.49. The van der Waals surface area contributed by atoms with E-state index in [1.165, 1.54) is 25.1 Å². The first-order valence-corrected chi connectivity index (χ1v) is 11.3. The molecule has 9 heteroatoms. The normalized spacial score (nSPS) is 12.5. The van der Waals surface area contributed by atoms with Crippen LogP contribution in [0.1, 0.15) is 43.4 Å². The highest BCUT2D eigenvalue weighted by molar-refractivity contribution is 7.92. The van der Waals surface area contributed by atoms with Gasteiger partial charge >= 0.3 is 0 Å². The molecule has 0 fully saturated rings. The molecule has 0 radical (unpaired) electrons. The van der Waals surface area contributed by atoms with Gasteiger partial charge in [-0.05, 0) is 43.4 Å². The zero-order chi connectivity index (χ0) is 22.8. The molecule has 0 spiro atoms. The number of nitro benzene ring substituents is 1. The number of para-hydroxylation sites is 1. The van der Waals surface area contributed by atoms with Crippen molar-refractivity contribution in [1.29, 1.82) is 0 Å². The Morgan fingerprint density at radius 2 is 1.73 bits per heavy atom. The van der Waals surface area contributed by atoms with Gasteiger partial charge in [0.05, 0.1) is 16.9 Å². The highest BCUT2D eigenvalue weighted by Crippen LogP contribution is 2.31. The van der Waals surface area contributed by atoms with Crippen molar-refractivity contribution in [3.63, 3.8) is 0 Å². The number of benzene rings is 2. The minimum Gasteiger partial charge on any atom is -0.324 e. The molecule has 162 valence electrons. The van der Waals surface area contributed by atoms with Crippen LogP contribution in [0.15, 0.2) is 36.4 Å². The third kappa shape index (κ3) is 4.96. The second kappa shape index (κ2) is 8.83. The van der Waals surface area contributed by atoms with Gasteiger partial charge in [-0.3, -0.25) is 19.2 Å². The summed E-state index contributed by atoms with van der Waals surface area (Å²) >= 11 is 0. The minimum atomic E-state index is -3.91. The molecule has 0 heterocycles. The second-order valence-electron chi connectivity index (χ2n) is 7.65. The van der Waals surface area contributed by atoms with Crippen molar-refractivity contribution < 1.29 is 18.1 Å². The van der Waals surface area contributed by atoms with E-state index in [2.05, 4.69) is 5.32 Å². The molecule has 2 aromatic carbocycles.